The zero-order valence-corrected chi connectivity index (χ0v) is 14.5. The number of carbonyl (C=O) groups excluding carboxylic acids is 3. The van der Waals surface area contributed by atoms with Crippen molar-refractivity contribution in [2.75, 3.05) is 11.9 Å². The Morgan fingerprint density at radius 1 is 1.24 bits per heavy atom. The number of anilines is 1. The number of hydrogen-bond acceptors (Lipinski definition) is 4. The van der Waals surface area contributed by atoms with Crippen LogP contribution in [-0.4, -0.2) is 34.8 Å². The molecule has 0 aromatic heterocycles. The molecule has 1 aliphatic heterocycles. The monoisotopic (exact) mass is 342 g/mol. The van der Waals surface area contributed by atoms with Crippen LogP contribution >= 0.6 is 0 Å². The molecule has 2 rings (SSSR count). The molecule has 0 aliphatic carbocycles. The van der Waals surface area contributed by atoms with E-state index in [2.05, 4.69) is 10.6 Å². The van der Waals surface area contributed by atoms with Crippen molar-refractivity contribution in [3.8, 4) is 6.07 Å². The number of nitriles is 1. The van der Waals surface area contributed by atoms with Gasteiger partial charge >= 0.3 is 6.03 Å². The molecule has 0 saturated carbocycles. The van der Waals surface area contributed by atoms with E-state index < -0.39 is 17.5 Å². The summed E-state index contributed by atoms with van der Waals surface area (Å²) >= 11 is 0. The van der Waals surface area contributed by atoms with Gasteiger partial charge in [0.2, 0.25) is 5.91 Å². The number of urea groups is 1. The molecule has 25 heavy (non-hydrogen) atoms. The predicted molar refractivity (Wildman–Crippen MR) is 92.6 cm³/mol. The molecular weight excluding hydrogens is 320 g/mol. The van der Waals surface area contributed by atoms with E-state index in [0.29, 0.717) is 24.1 Å². The molecule has 1 aliphatic rings. The summed E-state index contributed by atoms with van der Waals surface area (Å²) in [4.78, 5) is 38.2. The number of benzene rings is 1. The Kier molecular flexibility index (Phi) is 5.75. The quantitative estimate of drug-likeness (QED) is 0.743. The maximum absolute atomic E-state index is 12.7. The molecule has 1 heterocycles. The first-order valence-corrected chi connectivity index (χ1v) is 8.40. The number of hydrogen-bond donors (Lipinski definition) is 2. The zero-order valence-electron chi connectivity index (χ0n) is 14.5. The standard InChI is InChI=1S/C18H22N4O3/c1-3-9-18(10-4-2)16(24)22(17(25)21-18)12-15(23)20-14-8-6-5-7-13(14)11-19/h5-8H,3-4,9-10,12H2,1-2H3,(H,20,23)(H,21,25). The van der Waals surface area contributed by atoms with Crippen LogP contribution in [0.4, 0.5) is 10.5 Å². The molecule has 0 spiro atoms. The molecule has 1 aromatic rings. The molecule has 1 saturated heterocycles. The number of carbonyl (C=O) groups is 3. The molecule has 4 amide bonds. The summed E-state index contributed by atoms with van der Waals surface area (Å²) in [6.07, 6.45) is 2.59. The predicted octanol–water partition coefficient (Wildman–Crippen LogP) is 2.39. The van der Waals surface area contributed by atoms with Gasteiger partial charge in [-0.05, 0) is 25.0 Å². The Morgan fingerprint density at radius 3 is 2.48 bits per heavy atom. The van der Waals surface area contributed by atoms with Crippen LogP contribution < -0.4 is 10.6 Å². The lowest BCUT2D eigenvalue weighted by molar-refractivity contribution is -0.134. The van der Waals surface area contributed by atoms with Gasteiger partial charge in [0.1, 0.15) is 18.2 Å². The number of nitrogens with zero attached hydrogens (tertiary/aromatic N) is 2. The fraction of sp³-hybridized carbons (Fsp3) is 0.444. The third-order valence-corrected chi connectivity index (χ3v) is 4.22. The molecule has 7 nitrogen and oxygen atoms in total. The van der Waals surface area contributed by atoms with Gasteiger partial charge in [-0.3, -0.25) is 14.5 Å². The van der Waals surface area contributed by atoms with Crippen LogP contribution in [0.5, 0.6) is 0 Å². The Labute approximate surface area is 147 Å². The maximum Gasteiger partial charge on any atom is 0.325 e. The average Bonchev–Trinajstić information content (AvgIpc) is 2.80. The summed E-state index contributed by atoms with van der Waals surface area (Å²) in [5.41, 5.74) is -0.236. The topological polar surface area (TPSA) is 102 Å². The number of nitrogens with one attached hydrogen (secondary N) is 2. The van der Waals surface area contributed by atoms with Crippen LogP contribution in [-0.2, 0) is 9.59 Å². The van der Waals surface area contributed by atoms with Crippen molar-refractivity contribution in [3.05, 3.63) is 29.8 Å². The highest BCUT2D eigenvalue weighted by Crippen LogP contribution is 2.28. The van der Waals surface area contributed by atoms with Crippen LogP contribution in [0.1, 0.15) is 45.1 Å². The summed E-state index contributed by atoms with van der Waals surface area (Å²) in [6.45, 7) is 3.52. The fourth-order valence-electron chi connectivity index (χ4n) is 3.16. The highest BCUT2D eigenvalue weighted by molar-refractivity contribution is 6.10. The second kappa shape index (κ2) is 7.79. The van der Waals surface area contributed by atoms with E-state index in [4.69, 9.17) is 5.26 Å². The van der Waals surface area contributed by atoms with Gasteiger partial charge in [0.05, 0.1) is 11.3 Å². The van der Waals surface area contributed by atoms with Crippen LogP contribution in [0, 0.1) is 11.3 Å². The number of para-hydroxylation sites is 1. The van der Waals surface area contributed by atoms with Crippen LogP contribution in [0.3, 0.4) is 0 Å². The van der Waals surface area contributed by atoms with E-state index in [1.165, 1.54) is 0 Å². The Morgan fingerprint density at radius 2 is 1.88 bits per heavy atom. The summed E-state index contributed by atoms with van der Waals surface area (Å²) < 4.78 is 0. The summed E-state index contributed by atoms with van der Waals surface area (Å²) in [7, 11) is 0. The van der Waals surface area contributed by atoms with Crippen molar-refractivity contribution in [3.63, 3.8) is 0 Å². The fourth-order valence-corrected chi connectivity index (χ4v) is 3.16. The van der Waals surface area contributed by atoms with E-state index in [9.17, 15) is 14.4 Å². The molecule has 1 fully saturated rings. The highest BCUT2D eigenvalue weighted by Gasteiger charge is 2.50. The Balaban J connectivity index is 2.11. The minimum absolute atomic E-state index is 0.319. The highest BCUT2D eigenvalue weighted by atomic mass is 16.2. The number of amides is 4. The smallest absolute Gasteiger partial charge is 0.323 e. The molecule has 0 unspecified atom stereocenters. The Hall–Kier alpha value is -2.88. The number of rotatable bonds is 7. The van der Waals surface area contributed by atoms with Crippen LogP contribution in [0.2, 0.25) is 0 Å². The van der Waals surface area contributed by atoms with Crippen molar-refractivity contribution in [2.45, 2.75) is 45.1 Å². The van der Waals surface area contributed by atoms with Gasteiger partial charge in [-0.1, -0.05) is 38.8 Å². The minimum Gasteiger partial charge on any atom is -0.323 e. The average molecular weight is 342 g/mol. The maximum atomic E-state index is 12.7. The normalized spacial score (nSPS) is 15.6. The lowest BCUT2D eigenvalue weighted by Gasteiger charge is -2.25. The largest absolute Gasteiger partial charge is 0.325 e. The Bertz CT molecular complexity index is 717. The first-order valence-electron chi connectivity index (χ1n) is 8.40. The van der Waals surface area contributed by atoms with E-state index >= 15 is 0 Å². The molecule has 1 aromatic carbocycles. The SMILES string of the molecule is CCCC1(CCC)NC(=O)N(CC(=O)Nc2ccccc2C#N)C1=O. The molecule has 7 heteroatoms. The first-order chi connectivity index (χ1) is 12.0. The molecule has 0 bridgehead atoms. The van der Waals surface area contributed by atoms with Crippen LogP contribution in [0.15, 0.2) is 24.3 Å². The van der Waals surface area contributed by atoms with Gasteiger partial charge in [-0.15, -0.1) is 0 Å². The van der Waals surface area contributed by atoms with Crippen molar-refractivity contribution in [1.29, 1.82) is 5.26 Å². The molecule has 2 N–H and O–H groups in total. The van der Waals surface area contributed by atoms with E-state index in [1.54, 1.807) is 24.3 Å². The van der Waals surface area contributed by atoms with Crippen LogP contribution in [0.25, 0.3) is 0 Å². The lowest BCUT2D eigenvalue weighted by Crippen LogP contribution is -2.47. The van der Waals surface area contributed by atoms with Crippen molar-refractivity contribution in [2.24, 2.45) is 0 Å². The third-order valence-electron chi connectivity index (χ3n) is 4.22. The third kappa shape index (κ3) is 3.79. The van der Waals surface area contributed by atoms with E-state index in [1.807, 2.05) is 19.9 Å². The molecular formula is C18H22N4O3. The van der Waals surface area contributed by atoms with Crippen molar-refractivity contribution in [1.82, 2.24) is 10.2 Å². The van der Waals surface area contributed by atoms with Gasteiger partial charge < -0.3 is 10.6 Å². The van der Waals surface area contributed by atoms with Gasteiger partial charge in [0, 0.05) is 0 Å². The lowest BCUT2D eigenvalue weighted by atomic mass is 9.88. The van der Waals surface area contributed by atoms with Crippen molar-refractivity contribution < 1.29 is 14.4 Å². The summed E-state index contributed by atoms with van der Waals surface area (Å²) in [5.74, 6) is -0.875. The minimum atomic E-state index is -0.911. The number of imide groups is 1. The van der Waals surface area contributed by atoms with E-state index in [-0.39, 0.29) is 12.5 Å². The van der Waals surface area contributed by atoms with E-state index in [0.717, 1.165) is 17.7 Å². The molecule has 0 radical (unpaired) electrons. The van der Waals surface area contributed by atoms with Gasteiger partial charge in [-0.2, -0.15) is 5.26 Å². The zero-order chi connectivity index (χ0) is 18.4. The summed E-state index contributed by atoms with van der Waals surface area (Å²) in [5, 5.41) is 14.4. The van der Waals surface area contributed by atoms with Gasteiger partial charge in [-0.25, -0.2) is 4.79 Å². The van der Waals surface area contributed by atoms with Gasteiger partial charge in [0.25, 0.3) is 5.91 Å². The van der Waals surface area contributed by atoms with Crippen molar-refractivity contribution >= 4 is 23.5 Å². The molecule has 132 valence electrons. The first kappa shape index (κ1) is 18.5. The second-order valence-electron chi connectivity index (χ2n) is 6.11. The van der Waals surface area contributed by atoms with Gasteiger partial charge in [0.15, 0.2) is 0 Å². The second-order valence-corrected chi connectivity index (χ2v) is 6.11. The molecule has 0 atom stereocenters. The summed E-state index contributed by atoms with van der Waals surface area (Å²) in [6, 6.07) is 8.00.